The van der Waals surface area contributed by atoms with Crippen molar-refractivity contribution >= 4 is 27.8 Å². The highest BCUT2D eigenvalue weighted by atomic mass is 32.2. The minimum absolute atomic E-state index is 0.00222. The Morgan fingerprint density at radius 1 is 0.974 bits per heavy atom. The molecule has 3 aromatic carbocycles. The molecule has 0 saturated carbocycles. The molecule has 3 aromatic rings. The average molecular weight is 557 g/mol. The van der Waals surface area contributed by atoms with Gasteiger partial charge < -0.3 is 19.3 Å². The second-order valence-corrected chi connectivity index (χ2v) is 10.1. The standard InChI is InChI=1S/C26H24N2O10S/c1-2-3-16-12-18(26(31)32)7-10-20(16)38-23(17-6-11-21-22(13-17)37-14-36-21)25(30)28-39(34,35)19-8-4-15(5-9-19)24(29)27-33/h4-13,23,33H,2-3,14H2,1H3,(H,27,29)(H,28,30)(H,31,32). The molecule has 0 aliphatic carbocycles. The first kappa shape index (κ1) is 27.4. The van der Waals surface area contributed by atoms with E-state index in [9.17, 15) is 27.9 Å². The van der Waals surface area contributed by atoms with E-state index in [1.807, 2.05) is 11.6 Å². The number of sulfonamides is 1. The summed E-state index contributed by atoms with van der Waals surface area (Å²) < 4.78 is 44.8. The molecule has 1 aliphatic rings. The van der Waals surface area contributed by atoms with Crippen molar-refractivity contribution in [2.45, 2.75) is 30.8 Å². The van der Waals surface area contributed by atoms with Crippen LogP contribution in [0.2, 0.25) is 0 Å². The molecule has 1 heterocycles. The Bertz CT molecular complexity index is 1520. The highest BCUT2D eigenvalue weighted by Gasteiger charge is 2.30. The van der Waals surface area contributed by atoms with Gasteiger partial charge in [0.2, 0.25) is 12.9 Å². The van der Waals surface area contributed by atoms with Gasteiger partial charge >= 0.3 is 5.97 Å². The molecule has 1 unspecified atom stereocenters. The molecular formula is C26H24N2O10S. The van der Waals surface area contributed by atoms with Crippen molar-refractivity contribution in [1.82, 2.24) is 10.2 Å². The summed E-state index contributed by atoms with van der Waals surface area (Å²) in [6.45, 7) is 1.87. The fourth-order valence-corrected chi connectivity index (χ4v) is 4.85. The van der Waals surface area contributed by atoms with Crippen molar-refractivity contribution in [2.24, 2.45) is 0 Å². The normalized spacial score (nSPS) is 12.9. The first-order valence-electron chi connectivity index (χ1n) is 11.7. The van der Waals surface area contributed by atoms with E-state index in [-0.39, 0.29) is 34.1 Å². The topological polar surface area (TPSA) is 178 Å². The minimum atomic E-state index is -4.41. The summed E-state index contributed by atoms with van der Waals surface area (Å²) in [4.78, 5) is 36.1. The van der Waals surface area contributed by atoms with Crippen LogP contribution in [0.15, 0.2) is 65.6 Å². The van der Waals surface area contributed by atoms with Gasteiger partial charge in [-0.05, 0) is 66.6 Å². The number of carbonyl (C=O) groups excluding carboxylic acids is 2. The van der Waals surface area contributed by atoms with Crippen LogP contribution in [0.25, 0.3) is 0 Å². The van der Waals surface area contributed by atoms with E-state index in [1.54, 1.807) is 6.07 Å². The second-order valence-electron chi connectivity index (χ2n) is 8.42. The van der Waals surface area contributed by atoms with Crippen LogP contribution in [0.5, 0.6) is 17.2 Å². The number of ether oxygens (including phenoxy) is 3. The Morgan fingerprint density at radius 2 is 1.67 bits per heavy atom. The lowest BCUT2D eigenvalue weighted by atomic mass is 10.0. The number of hydroxylamine groups is 1. The Balaban J connectivity index is 1.68. The number of nitrogens with one attached hydrogen (secondary N) is 2. The van der Waals surface area contributed by atoms with Crippen LogP contribution < -0.4 is 24.4 Å². The molecule has 204 valence electrons. The molecule has 4 N–H and O–H groups in total. The number of carboxylic acids is 1. The third-order valence-corrected chi connectivity index (χ3v) is 7.14. The number of hydrogen-bond acceptors (Lipinski definition) is 9. The van der Waals surface area contributed by atoms with Crippen LogP contribution in [0.4, 0.5) is 0 Å². The van der Waals surface area contributed by atoms with Gasteiger partial charge in [-0.3, -0.25) is 14.8 Å². The Hall–Kier alpha value is -4.62. The molecule has 13 heteroatoms. The summed E-state index contributed by atoms with van der Waals surface area (Å²) in [5, 5.41) is 18.1. The Kier molecular flexibility index (Phi) is 8.02. The molecule has 1 aliphatic heterocycles. The van der Waals surface area contributed by atoms with E-state index in [1.165, 1.54) is 35.8 Å². The third-order valence-electron chi connectivity index (χ3n) is 5.77. The molecule has 12 nitrogen and oxygen atoms in total. The SMILES string of the molecule is CCCc1cc(C(=O)O)ccc1OC(C(=O)NS(=O)(=O)c1ccc(C(=O)NO)cc1)c1ccc2c(c1)OCO2. The lowest BCUT2D eigenvalue weighted by Crippen LogP contribution is -2.37. The second kappa shape index (κ2) is 11.4. The summed E-state index contributed by atoms with van der Waals surface area (Å²) in [7, 11) is -4.41. The zero-order valence-electron chi connectivity index (χ0n) is 20.5. The zero-order chi connectivity index (χ0) is 28.2. The monoisotopic (exact) mass is 556 g/mol. The fourth-order valence-electron chi connectivity index (χ4n) is 3.86. The van der Waals surface area contributed by atoms with E-state index < -0.39 is 33.9 Å². The minimum Gasteiger partial charge on any atom is -0.478 e. The van der Waals surface area contributed by atoms with Gasteiger partial charge in [-0.25, -0.2) is 23.4 Å². The van der Waals surface area contributed by atoms with Crippen molar-refractivity contribution in [1.29, 1.82) is 0 Å². The van der Waals surface area contributed by atoms with E-state index in [0.29, 0.717) is 29.9 Å². The highest BCUT2D eigenvalue weighted by molar-refractivity contribution is 7.90. The van der Waals surface area contributed by atoms with Gasteiger partial charge in [0.1, 0.15) is 5.75 Å². The lowest BCUT2D eigenvalue weighted by Gasteiger charge is -2.21. The molecule has 1 atom stereocenters. The molecule has 2 amide bonds. The van der Waals surface area contributed by atoms with Gasteiger partial charge in [0.05, 0.1) is 10.5 Å². The molecule has 0 bridgehead atoms. The molecule has 0 spiro atoms. The van der Waals surface area contributed by atoms with Gasteiger partial charge in [-0.1, -0.05) is 19.4 Å². The van der Waals surface area contributed by atoms with Crippen LogP contribution in [-0.4, -0.2) is 43.3 Å². The predicted octanol–water partition coefficient (Wildman–Crippen LogP) is 2.81. The van der Waals surface area contributed by atoms with Crippen LogP contribution in [0.3, 0.4) is 0 Å². The van der Waals surface area contributed by atoms with Crippen molar-refractivity contribution in [3.63, 3.8) is 0 Å². The number of fused-ring (bicyclic) bond motifs is 1. The van der Waals surface area contributed by atoms with Gasteiger partial charge in [-0.15, -0.1) is 0 Å². The van der Waals surface area contributed by atoms with Crippen molar-refractivity contribution in [2.75, 3.05) is 6.79 Å². The maximum atomic E-state index is 13.4. The molecule has 0 saturated heterocycles. The molecule has 39 heavy (non-hydrogen) atoms. The van der Waals surface area contributed by atoms with Crippen LogP contribution in [0, 0.1) is 0 Å². The summed E-state index contributed by atoms with van der Waals surface area (Å²) in [6.07, 6.45) is -0.392. The number of amides is 2. The van der Waals surface area contributed by atoms with Gasteiger partial charge in [0, 0.05) is 11.1 Å². The van der Waals surface area contributed by atoms with Crippen LogP contribution in [0.1, 0.15) is 51.3 Å². The van der Waals surface area contributed by atoms with Crippen LogP contribution in [-0.2, 0) is 21.2 Å². The molecular weight excluding hydrogens is 532 g/mol. The first-order valence-corrected chi connectivity index (χ1v) is 13.1. The Morgan fingerprint density at radius 3 is 2.33 bits per heavy atom. The number of aromatic carboxylic acids is 1. The van der Waals surface area contributed by atoms with Gasteiger partial charge in [0.15, 0.2) is 11.5 Å². The fraction of sp³-hybridized carbons (Fsp3) is 0.192. The number of aryl methyl sites for hydroxylation is 1. The van der Waals surface area contributed by atoms with Gasteiger partial charge in [-0.2, -0.15) is 0 Å². The maximum Gasteiger partial charge on any atom is 0.335 e. The van der Waals surface area contributed by atoms with E-state index >= 15 is 0 Å². The van der Waals surface area contributed by atoms with E-state index in [0.717, 1.165) is 24.3 Å². The number of benzene rings is 3. The number of carbonyl (C=O) groups is 3. The largest absolute Gasteiger partial charge is 0.478 e. The number of rotatable bonds is 10. The van der Waals surface area contributed by atoms with Crippen molar-refractivity contribution in [3.05, 3.63) is 82.9 Å². The summed E-state index contributed by atoms with van der Waals surface area (Å²) in [5.74, 6) is -2.01. The molecule has 0 fully saturated rings. The highest BCUT2D eigenvalue weighted by Crippen LogP contribution is 2.36. The molecule has 0 radical (unpaired) electrons. The smallest absolute Gasteiger partial charge is 0.335 e. The quantitative estimate of drug-likeness (QED) is 0.214. The maximum absolute atomic E-state index is 13.4. The molecule has 0 aromatic heterocycles. The van der Waals surface area contributed by atoms with Crippen molar-refractivity contribution in [3.8, 4) is 17.2 Å². The van der Waals surface area contributed by atoms with E-state index in [2.05, 4.69) is 0 Å². The predicted molar refractivity (Wildman–Crippen MR) is 134 cm³/mol. The summed E-state index contributed by atoms with van der Waals surface area (Å²) >= 11 is 0. The van der Waals surface area contributed by atoms with E-state index in [4.69, 9.17) is 19.4 Å². The number of carboxylic acid groups (broad SMARTS) is 1. The summed E-state index contributed by atoms with van der Waals surface area (Å²) in [5.41, 5.74) is 2.26. The van der Waals surface area contributed by atoms with Crippen LogP contribution >= 0.6 is 0 Å². The Labute approximate surface area is 223 Å². The zero-order valence-corrected chi connectivity index (χ0v) is 21.4. The molecule has 4 rings (SSSR count). The lowest BCUT2D eigenvalue weighted by molar-refractivity contribution is -0.126. The third kappa shape index (κ3) is 6.10. The first-order chi connectivity index (χ1) is 18.6. The number of hydrogen-bond donors (Lipinski definition) is 4. The average Bonchev–Trinajstić information content (AvgIpc) is 3.39. The van der Waals surface area contributed by atoms with Crippen molar-refractivity contribution < 1.29 is 47.3 Å². The van der Waals surface area contributed by atoms with Gasteiger partial charge in [0.25, 0.3) is 21.8 Å². The summed E-state index contributed by atoms with van der Waals surface area (Å²) in [6, 6.07) is 13.3.